The summed E-state index contributed by atoms with van der Waals surface area (Å²) in [6, 6.07) is 0. The predicted octanol–water partition coefficient (Wildman–Crippen LogP) is 2.05. The van der Waals surface area contributed by atoms with Crippen LogP contribution in [0.5, 0.6) is 0 Å². The van der Waals surface area contributed by atoms with Crippen LogP contribution in [-0.4, -0.2) is 31.9 Å². The Bertz CT molecular complexity index is 172. The maximum Gasteiger partial charge on any atom is 0.491 e. The van der Waals surface area contributed by atoms with Gasteiger partial charge in [0.15, 0.2) is 0 Å². The molecule has 1 atom stereocenters. The highest BCUT2D eigenvalue weighted by atomic mass is 31.2. The first kappa shape index (κ1) is 13.1. The molecule has 0 amide bonds. The van der Waals surface area contributed by atoms with Gasteiger partial charge in [0.2, 0.25) is 0 Å². The number of hydrogen-bond acceptors (Lipinski definition) is 5. The summed E-state index contributed by atoms with van der Waals surface area (Å²) in [5.41, 5.74) is 0. The van der Waals surface area contributed by atoms with Gasteiger partial charge in [-0.3, -0.25) is 9.05 Å². The van der Waals surface area contributed by atoms with Crippen LogP contribution in [0.4, 0.5) is 0 Å². The fourth-order valence-corrected chi connectivity index (χ4v) is 1.80. The Morgan fingerprint density at radius 3 is 2.08 bits per heavy atom. The third-order valence-electron chi connectivity index (χ3n) is 1.43. The Morgan fingerprint density at radius 1 is 1.23 bits per heavy atom. The van der Waals surface area contributed by atoms with Crippen molar-refractivity contribution in [2.75, 3.05) is 26.8 Å². The fourth-order valence-electron chi connectivity index (χ4n) is 0.748. The van der Waals surface area contributed by atoms with Gasteiger partial charge in [0.05, 0.1) is 6.61 Å². The van der Waals surface area contributed by atoms with Crippen LogP contribution < -0.4 is 0 Å². The molecule has 13 heavy (non-hydrogen) atoms. The van der Waals surface area contributed by atoms with Crippen LogP contribution in [0.15, 0.2) is 0 Å². The second kappa shape index (κ2) is 6.51. The second-order valence-corrected chi connectivity index (χ2v) is 3.92. The number of phosphoric ester groups is 1. The van der Waals surface area contributed by atoms with Crippen LogP contribution in [-0.2, 0) is 18.2 Å². The maximum atomic E-state index is 11.6. The highest BCUT2D eigenvalue weighted by Crippen LogP contribution is 2.49. The van der Waals surface area contributed by atoms with Crippen LogP contribution in [0, 0.1) is 0 Å². The molecular formula is C7H18NO4P. The molecular weight excluding hydrogens is 193 g/mol. The van der Waals surface area contributed by atoms with E-state index in [2.05, 4.69) is 4.52 Å². The van der Waals surface area contributed by atoms with E-state index in [1.165, 1.54) is 12.2 Å². The van der Waals surface area contributed by atoms with Gasteiger partial charge in [0, 0.05) is 20.2 Å². The van der Waals surface area contributed by atoms with Crippen molar-refractivity contribution in [3.63, 3.8) is 0 Å². The largest absolute Gasteiger partial charge is 0.491 e. The number of rotatable bonds is 7. The van der Waals surface area contributed by atoms with Gasteiger partial charge < -0.3 is 0 Å². The quantitative estimate of drug-likeness (QED) is 0.476. The molecule has 0 aromatic heterocycles. The number of hydroxylamine groups is 2. The predicted molar refractivity (Wildman–Crippen MR) is 50.2 cm³/mol. The van der Waals surface area contributed by atoms with Crippen LogP contribution >= 0.6 is 7.82 Å². The average Bonchev–Trinajstić information content (AvgIpc) is 2.15. The lowest BCUT2D eigenvalue weighted by Gasteiger charge is -2.22. The van der Waals surface area contributed by atoms with Gasteiger partial charge in [-0.25, -0.2) is 4.57 Å². The summed E-state index contributed by atoms with van der Waals surface area (Å²) in [7, 11) is -2.06. The monoisotopic (exact) mass is 211 g/mol. The van der Waals surface area contributed by atoms with Crippen molar-refractivity contribution in [1.82, 2.24) is 5.06 Å². The average molecular weight is 211 g/mol. The first-order chi connectivity index (χ1) is 6.11. The third-order valence-corrected chi connectivity index (χ3v) is 2.88. The summed E-state index contributed by atoms with van der Waals surface area (Å²) >= 11 is 0. The Morgan fingerprint density at radius 2 is 1.77 bits per heavy atom. The summed E-state index contributed by atoms with van der Waals surface area (Å²) in [5, 5.41) is 1.53. The molecule has 0 aliphatic carbocycles. The summed E-state index contributed by atoms with van der Waals surface area (Å²) in [6.45, 7) is 7.10. The molecule has 0 aliphatic heterocycles. The van der Waals surface area contributed by atoms with Crippen molar-refractivity contribution < 1.29 is 18.2 Å². The van der Waals surface area contributed by atoms with E-state index in [1.807, 2.05) is 13.8 Å². The molecule has 0 saturated carbocycles. The lowest BCUT2D eigenvalue weighted by molar-refractivity contribution is -0.0814. The van der Waals surface area contributed by atoms with E-state index >= 15 is 0 Å². The van der Waals surface area contributed by atoms with Crippen molar-refractivity contribution in [1.29, 1.82) is 0 Å². The normalized spacial score (nSPS) is 16.1. The summed E-state index contributed by atoms with van der Waals surface area (Å²) in [5.74, 6) is 0. The lowest BCUT2D eigenvalue weighted by Crippen LogP contribution is -2.22. The zero-order chi connectivity index (χ0) is 10.3. The van der Waals surface area contributed by atoms with Crippen molar-refractivity contribution in [2.24, 2.45) is 0 Å². The Labute approximate surface area is 79.5 Å². The van der Waals surface area contributed by atoms with Gasteiger partial charge >= 0.3 is 7.82 Å². The highest BCUT2D eigenvalue weighted by Gasteiger charge is 2.27. The molecule has 0 N–H and O–H groups in total. The molecule has 0 aromatic rings. The second-order valence-electron chi connectivity index (χ2n) is 2.24. The first-order valence-corrected chi connectivity index (χ1v) is 5.82. The zero-order valence-electron chi connectivity index (χ0n) is 8.65. The van der Waals surface area contributed by atoms with Crippen molar-refractivity contribution in [2.45, 2.75) is 20.8 Å². The minimum Gasteiger partial charge on any atom is -0.289 e. The van der Waals surface area contributed by atoms with Crippen LogP contribution in [0.25, 0.3) is 0 Å². The lowest BCUT2D eigenvalue weighted by atomic mass is 10.6. The van der Waals surface area contributed by atoms with Crippen molar-refractivity contribution in [3.8, 4) is 0 Å². The molecule has 1 unspecified atom stereocenters. The minimum atomic E-state index is -3.36. The van der Waals surface area contributed by atoms with Gasteiger partial charge in [-0.1, -0.05) is 13.8 Å². The molecule has 0 fully saturated rings. The number of hydrogen-bond donors (Lipinski definition) is 0. The van der Waals surface area contributed by atoms with Crippen LogP contribution in [0.2, 0.25) is 0 Å². The fraction of sp³-hybridized carbons (Fsp3) is 1.00. The smallest absolute Gasteiger partial charge is 0.289 e. The van der Waals surface area contributed by atoms with E-state index in [4.69, 9.17) is 9.15 Å². The van der Waals surface area contributed by atoms with E-state index < -0.39 is 7.82 Å². The van der Waals surface area contributed by atoms with Gasteiger partial charge in [-0.05, 0) is 6.92 Å². The third kappa shape index (κ3) is 4.74. The van der Waals surface area contributed by atoms with Gasteiger partial charge in [0.25, 0.3) is 0 Å². The number of phosphoric acid groups is 1. The van der Waals surface area contributed by atoms with Gasteiger partial charge in [-0.15, -0.1) is 0 Å². The van der Waals surface area contributed by atoms with E-state index in [0.29, 0.717) is 19.7 Å². The Kier molecular flexibility index (Phi) is 6.55. The van der Waals surface area contributed by atoms with E-state index in [9.17, 15) is 4.57 Å². The van der Waals surface area contributed by atoms with Crippen LogP contribution in [0.1, 0.15) is 20.8 Å². The van der Waals surface area contributed by atoms with E-state index in [0.717, 1.165) is 0 Å². The molecule has 80 valence electrons. The van der Waals surface area contributed by atoms with Gasteiger partial charge in [0.1, 0.15) is 0 Å². The Hall–Kier alpha value is 0.0700. The molecule has 0 heterocycles. The molecule has 0 saturated heterocycles. The van der Waals surface area contributed by atoms with Crippen molar-refractivity contribution in [3.05, 3.63) is 0 Å². The molecule has 5 nitrogen and oxygen atoms in total. The molecule has 6 heteroatoms. The molecule has 0 radical (unpaired) electrons. The van der Waals surface area contributed by atoms with Crippen molar-refractivity contribution >= 4 is 7.82 Å². The SMILES string of the molecule is CCOP(=O)(OC)ON(CC)CC. The number of nitrogens with zero attached hydrogens (tertiary/aromatic N) is 1. The molecule has 0 aliphatic rings. The van der Waals surface area contributed by atoms with E-state index in [-0.39, 0.29) is 0 Å². The zero-order valence-corrected chi connectivity index (χ0v) is 9.54. The summed E-state index contributed by atoms with van der Waals surface area (Å²) in [6.07, 6.45) is 0. The summed E-state index contributed by atoms with van der Waals surface area (Å²) < 4.78 is 26.2. The topological polar surface area (TPSA) is 48.0 Å². The minimum absolute atomic E-state index is 0.298. The standard InChI is InChI=1S/C7H18NO4P/c1-5-8(6-2)12-13(9,10-4)11-7-3/h5-7H2,1-4H3. The summed E-state index contributed by atoms with van der Waals surface area (Å²) in [4.78, 5) is 0. The van der Waals surface area contributed by atoms with E-state index in [1.54, 1.807) is 6.92 Å². The molecule has 0 rings (SSSR count). The maximum absolute atomic E-state index is 11.6. The Balaban J connectivity index is 4.16. The van der Waals surface area contributed by atoms with Gasteiger partial charge in [-0.2, -0.15) is 9.69 Å². The van der Waals surface area contributed by atoms with Crippen LogP contribution in [0.3, 0.4) is 0 Å². The first-order valence-electron chi connectivity index (χ1n) is 4.36. The molecule has 0 bridgehead atoms. The molecule has 0 spiro atoms. The molecule has 0 aromatic carbocycles. The highest BCUT2D eigenvalue weighted by molar-refractivity contribution is 7.48.